The van der Waals surface area contributed by atoms with E-state index in [1.165, 1.54) is 0 Å². The van der Waals surface area contributed by atoms with Crippen LogP contribution in [0.5, 0.6) is 5.88 Å². The Bertz CT molecular complexity index is 944. The monoisotopic (exact) mass is 335 g/mol. The zero-order valence-corrected chi connectivity index (χ0v) is 14.0. The zero-order chi connectivity index (χ0) is 18.4. The van der Waals surface area contributed by atoms with Crippen molar-refractivity contribution < 1.29 is 5.11 Å². The maximum Gasteiger partial charge on any atom is 0.281 e. The lowest BCUT2D eigenvalue weighted by atomic mass is 10.1. The lowest BCUT2D eigenvalue weighted by Crippen LogP contribution is -2.22. The maximum absolute atomic E-state index is 12.6. The second-order valence-corrected chi connectivity index (χ2v) is 5.45. The van der Waals surface area contributed by atoms with Crippen molar-refractivity contribution in [2.75, 3.05) is 0 Å². The first-order valence-corrected chi connectivity index (χ1v) is 7.81. The Hall–Kier alpha value is -3.45. The molecule has 0 radical (unpaired) electrons. The summed E-state index contributed by atoms with van der Waals surface area (Å²) >= 11 is 0. The Morgan fingerprint density at radius 3 is 2.40 bits per heavy atom. The number of nitrogens with zero attached hydrogens (tertiary/aromatic N) is 5. The van der Waals surface area contributed by atoms with Crippen molar-refractivity contribution in [2.24, 2.45) is 10.2 Å². The van der Waals surface area contributed by atoms with Crippen LogP contribution in [0.15, 0.2) is 39.3 Å². The molecule has 0 unspecified atom stereocenters. The highest BCUT2D eigenvalue weighted by molar-refractivity contribution is 5.56. The van der Waals surface area contributed by atoms with Crippen LogP contribution < -0.4 is 5.56 Å². The number of azo groups is 1. The van der Waals surface area contributed by atoms with Gasteiger partial charge in [0.2, 0.25) is 5.88 Å². The molecular formula is C18H17N5O2. The summed E-state index contributed by atoms with van der Waals surface area (Å²) in [5.41, 5.74) is 0.812. The highest BCUT2D eigenvalue weighted by atomic mass is 16.3. The van der Waals surface area contributed by atoms with Crippen LogP contribution in [0.2, 0.25) is 0 Å². The maximum atomic E-state index is 12.6. The second-order valence-electron chi connectivity index (χ2n) is 5.45. The van der Waals surface area contributed by atoms with E-state index in [9.17, 15) is 15.2 Å². The normalized spacial score (nSPS) is 10.6. The summed E-state index contributed by atoms with van der Waals surface area (Å²) in [4.78, 5) is 12.6. The molecule has 25 heavy (non-hydrogen) atoms. The molecule has 0 saturated carbocycles. The predicted molar refractivity (Wildman–Crippen MR) is 92.1 cm³/mol. The molecule has 0 amide bonds. The minimum Gasteiger partial charge on any atom is -0.493 e. The molecule has 7 nitrogen and oxygen atoms in total. The topological polar surface area (TPSA) is 115 Å². The molecule has 126 valence electrons. The molecule has 0 aliphatic heterocycles. The van der Waals surface area contributed by atoms with Gasteiger partial charge in [0.1, 0.15) is 11.6 Å². The van der Waals surface area contributed by atoms with Crippen molar-refractivity contribution in [2.45, 2.75) is 33.2 Å². The van der Waals surface area contributed by atoms with Crippen LogP contribution in [0.4, 0.5) is 11.4 Å². The zero-order valence-electron chi connectivity index (χ0n) is 14.0. The van der Waals surface area contributed by atoms with Gasteiger partial charge in [-0.25, -0.2) is 0 Å². The van der Waals surface area contributed by atoms with Crippen LogP contribution in [-0.2, 0) is 6.54 Å². The fourth-order valence-corrected chi connectivity index (χ4v) is 2.29. The molecular weight excluding hydrogens is 318 g/mol. The highest BCUT2D eigenvalue weighted by Gasteiger charge is 2.18. The van der Waals surface area contributed by atoms with Gasteiger partial charge in [-0.15, -0.1) is 5.11 Å². The molecule has 2 aromatic rings. The summed E-state index contributed by atoms with van der Waals surface area (Å²) in [7, 11) is 0. The first-order chi connectivity index (χ1) is 12.0. The van der Waals surface area contributed by atoms with Crippen molar-refractivity contribution >= 4 is 11.4 Å². The molecule has 0 spiro atoms. The van der Waals surface area contributed by atoms with Crippen LogP contribution in [0.25, 0.3) is 0 Å². The average Bonchev–Trinajstić information content (AvgIpc) is 2.62. The van der Waals surface area contributed by atoms with E-state index in [2.05, 4.69) is 10.2 Å². The van der Waals surface area contributed by atoms with Crippen LogP contribution >= 0.6 is 0 Å². The smallest absolute Gasteiger partial charge is 0.281 e. The lowest BCUT2D eigenvalue weighted by molar-refractivity contribution is 0.399. The molecule has 1 N–H and O–H groups in total. The number of unbranched alkanes of at least 4 members (excludes halogenated alkanes) is 1. The van der Waals surface area contributed by atoms with Crippen molar-refractivity contribution in [3.05, 3.63) is 51.3 Å². The SMILES string of the molecule is CCCCn1c(O)c(C#N)c(C)c(N=Nc2ccc(C#N)cc2)c1=O. The summed E-state index contributed by atoms with van der Waals surface area (Å²) in [6, 6.07) is 10.3. The number of hydrogen-bond acceptors (Lipinski definition) is 6. The average molecular weight is 335 g/mol. The third kappa shape index (κ3) is 3.73. The molecule has 0 aliphatic rings. The Labute approximate surface area is 145 Å². The van der Waals surface area contributed by atoms with E-state index in [0.717, 1.165) is 11.0 Å². The van der Waals surface area contributed by atoms with E-state index in [-0.39, 0.29) is 22.7 Å². The Balaban J connectivity index is 2.52. The van der Waals surface area contributed by atoms with Gasteiger partial charge >= 0.3 is 0 Å². The number of nitriles is 2. The van der Waals surface area contributed by atoms with Gasteiger partial charge in [0, 0.05) is 12.1 Å². The van der Waals surface area contributed by atoms with Crippen LogP contribution in [0.3, 0.4) is 0 Å². The molecule has 0 fully saturated rings. The molecule has 1 heterocycles. The Kier molecular flexibility index (Phi) is 5.65. The van der Waals surface area contributed by atoms with Gasteiger partial charge in [-0.2, -0.15) is 15.6 Å². The van der Waals surface area contributed by atoms with E-state index < -0.39 is 5.56 Å². The van der Waals surface area contributed by atoms with E-state index >= 15 is 0 Å². The quantitative estimate of drug-likeness (QED) is 0.836. The summed E-state index contributed by atoms with van der Waals surface area (Å²) in [6.07, 6.45) is 1.53. The Morgan fingerprint density at radius 1 is 1.16 bits per heavy atom. The molecule has 7 heteroatoms. The molecule has 0 atom stereocenters. The fraction of sp³-hybridized carbons (Fsp3) is 0.278. The third-order valence-corrected chi connectivity index (χ3v) is 3.77. The molecule has 0 aliphatic carbocycles. The lowest BCUT2D eigenvalue weighted by Gasteiger charge is -2.12. The van der Waals surface area contributed by atoms with Gasteiger partial charge in [0.25, 0.3) is 5.56 Å². The minimum absolute atomic E-state index is 0.0180. The van der Waals surface area contributed by atoms with Crippen molar-refractivity contribution in [1.29, 1.82) is 10.5 Å². The van der Waals surface area contributed by atoms with Crippen molar-refractivity contribution in [3.63, 3.8) is 0 Å². The standard InChI is InChI=1S/C18H17N5O2/c1-3-4-9-23-17(24)15(11-20)12(2)16(18(23)25)22-21-14-7-5-13(10-19)6-8-14/h5-8,24H,3-4,9H2,1-2H3. The first-order valence-electron chi connectivity index (χ1n) is 7.81. The molecule has 1 aromatic heterocycles. The van der Waals surface area contributed by atoms with E-state index in [4.69, 9.17) is 5.26 Å². The van der Waals surface area contributed by atoms with Crippen LogP contribution in [0, 0.1) is 29.6 Å². The summed E-state index contributed by atoms with van der Waals surface area (Å²) in [6.45, 7) is 3.82. The number of hydrogen-bond donors (Lipinski definition) is 1. The van der Waals surface area contributed by atoms with Crippen LogP contribution in [0.1, 0.15) is 36.5 Å². The van der Waals surface area contributed by atoms with E-state index in [0.29, 0.717) is 24.2 Å². The number of benzene rings is 1. The minimum atomic E-state index is -0.486. The fourth-order valence-electron chi connectivity index (χ4n) is 2.29. The summed E-state index contributed by atoms with van der Waals surface area (Å²) in [5.74, 6) is -0.337. The van der Waals surface area contributed by atoms with Gasteiger partial charge in [-0.1, -0.05) is 13.3 Å². The number of aromatic nitrogens is 1. The van der Waals surface area contributed by atoms with E-state index in [1.807, 2.05) is 19.1 Å². The van der Waals surface area contributed by atoms with Gasteiger partial charge in [0.05, 0.1) is 17.3 Å². The van der Waals surface area contributed by atoms with E-state index in [1.54, 1.807) is 31.2 Å². The largest absolute Gasteiger partial charge is 0.493 e. The van der Waals surface area contributed by atoms with Gasteiger partial charge in [-0.05, 0) is 37.6 Å². The first kappa shape index (κ1) is 17.9. The molecule has 2 rings (SSSR count). The number of rotatable bonds is 5. The van der Waals surface area contributed by atoms with Crippen LogP contribution in [-0.4, -0.2) is 9.67 Å². The van der Waals surface area contributed by atoms with Crippen molar-refractivity contribution in [3.8, 4) is 18.0 Å². The Morgan fingerprint density at radius 2 is 1.84 bits per heavy atom. The summed E-state index contributed by atoms with van der Waals surface area (Å²) in [5, 5.41) is 36.3. The van der Waals surface area contributed by atoms with Gasteiger partial charge < -0.3 is 5.11 Å². The molecule has 0 bridgehead atoms. The highest BCUT2D eigenvalue weighted by Crippen LogP contribution is 2.27. The van der Waals surface area contributed by atoms with Gasteiger partial charge in [-0.3, -0.25) is 9.36 Å². The molecule has 0 saturated heterocycles. The summed E-state index contributed by atoms with van der Waals surface area (Å²) < 4.78 is 1.15. The number of aromatic hydroxyl groups is 1. The number of pyridine rings is 1. The molecule has 1 aromatic carbocycles. The van der Waals surface area contributed by atoms with Crippen molar-refractivity contribution in [1.82, 2.24) is 4.57 Å². The third-order valence-electron chi connectivity index (χ3n) is 3.77. The second kappa shape index (κ2) is 7.89. The predicted octanol–water partition coefficient (Wildman–Crippen LogP) is 3.82. The van der Waals surface area contributed by atoms with Gasteiger partial charge in [0.15, 0.2) is 5.69 Å².